The van der Waals surface area contributed by atoms with Crippen LogP contribution in [0.15, 0.2) is 24.3 Å². The van der Waals surface area contributed by atoms with Gasteiger partial charge in [0.2, 0.25) is 5.91 Å². The Morgan fingerprint density at radius 3 is 2.68 bits per heavy atom. The molecule has 6 nitrogen and oxygen atoms in total. The third kappa shape index (κ3) is 4.48. The van der Waals surface area contributed by atoms with Gasteiger partial charge >= 0.3 is 0 Å². The van der Waals surface area contributed by atoms with Crippen LogP contribution in [0, 0.1) is 11.7 Å². The summed E-state index contributed by atoms with van der Waals surface area (Å²) < 4.78 is 24.1. The zero-order valence-corrected chi connectivity index (χ0v) is 14.2. The fraction of sp³-hybridized carbons (Fsp3) is 0.556. The number of piperidine rings is 1. The van der Waals surface area contributed by atoms with Crippen molar-refractivity contribution in [2.45, 2.75) is 12.8 Å². The number of hydrogen-bond acceptors (Lipinski definition) is 4. The van der Waals surface area contributed by atoms with Gasteiger partial charge in [0.25, 0.3) is 5.91 Å². The van der Waals surface area contributed by atoms with Crippen molar-refractivity contribution in [3.63, 3.8) is 0 Å². The first-order valence-corrected chi connectivity index (χ1v) is 8.67. The Labute approximate surface area is 146 Å². The van der Waals surface area contributed by atoms with Gasteiger partial charge in [-0.15, -0.1) is 0 Å². The molecule has 2 heterocycles. The van der Waals surface area contributed by atoms with Gasteiger partial charge in [-0.1, -0.05) is 12.1 Å². The summed E-state index contributed by atoms with van der Waals surface area (Å²) in [4.78, 5) is 28.4. The highest BCUT2D eigenvalue weighted by atomic mass is 19.1. The molecule has 1 aromatic rings. The summed E-state index contributed by atoms with van der Waals surface area (Å²) in [6.45, 7) is 3.13. The smallest absolute Gasteiger partial charge is 0.260 e. The van der Waals surface area contributed by atoms with Crippen LogP contribution in [0.2, 0.25) is 0 Å². The lowest BCUT2D eigenvalue weighted by molar-refractivity contribution is -0.144. The highest BCUT2D eigenvalue weighted by molar-refractivity contribution is 5.82. The van der Waals surface area contributed by atoms with Crippen molar-refractivity contribution >= 4 is 11.8 Å². The summed E-state index contributed by atoms with van der Waals surface area (Å²) >= 11 is 0. The van der Waals surface area contributed by atoms with E-state index in [4.69, 9.17) is 9.47 Å². The van der Waals surface area contributed by atoms with Gasteiger partial charge in [0, 0.05) is 26.2 Å². The molecule has 1 unspecified atom stereocenters. The van der Waals surface area contributed by atoms with Crippen LogP contribution < -0.4 is 4.74 Å². The quantitative estimate of drug-likeness (QED) is 0.821. The molecular weight excluding hydrogens is 327 g/mol. The van der Waals surface area contributed by atoms with Gasteiger partial charge in [-0.2, -0.15) is 0 Å². The van der Waals surface area contributed by atoms with Crippen LogP contribution in [0.1, 0.15) is 12.8 Å². The maximum Gasteiger partial charge on any atom is 0.260 e. The van der Waals surface area contributed by atoms with E-state index in [-0.39, 0.29) is 30.1 Å². The third-order valence-electron chi connectivity index (χ3n) is 4.63. The minimum absolute atomic E-state index is 0.0637. The van der Waals surface area contributed by atoms with Gasteiger partial charge in [-0.25, -0.2) is 4.39 Å². The molecule has 0 aliphatic carbocycles. The number of likely N-dealkylation sites (tertiary alicyclic amines) is 1. The molecule has 2 aliphatic rings. The average molecular weight is 350 g/mol. The van der Waals surface area contributed by atoms with Crippen molar-refractivity contribution in [2.24, 2.45) is 5.92 Å². The van der Waals surface area contributed by atoms with Gasteiger partial charge in [0.15, 0.2) is 18.2 Å². The summed E-state index contributed by atoms with van der Waals surface area (Å²) in [5, 5.41) is 0. The molecule has 2 saturated heterocycles. The molecule has 1 atom stereocenters. The summed E-state index contributed by atoms with van der Waals surface area (Å²) in [7, 11) is 0. The van der Waals surface area contributed by atoms with E-state index in [9.17, 15) is 14.0 Å². The largest absolute Gasteiger partial charge is 0.481 e. The Morgan fingerprint density at radius 2 is 1.92 bits per heavy atom. The Morgan fingerprint density at radius 1 is 1.16 bits per heavy atom. The second-order valence-corrected chi connectivity index (χ2v) is 6.34. The average Bonchev–Trinajstić information content (AvgIpc) is 2.67. The van der Waals surface area contributed by atoms with E-state index < -0.39 is 5.82 Å². The molecule has 7 heteroatoms. The molecular formula is C18H23FN2O4. The number of halogens is 1. The summed E-state index contributed by atoms with van der Waals surface area (Å²) in [6.07, 6.45) is 1.57. The molecule has 0 aromatic heterocycles. The summed E-state index contributed by atoms with van der Waals surface area (Å²) in [5.41, 5.74) is 0. The van der Waals surface area contributed by atoms with E-state index in [2.05, 4.69) is 0 Å². The second-order valence-electron chi connectivity index (χ2n) is 6.34. The van der Waals surface area contributed by atoms with E-state index in [1.54, 1.807) is 17.0 Å². The summed E-state index contributed by atoms with van der Waals surface area (Å²) in [5.74, 6) is -0.731. The topological polar surface area (TPSA) is 59.1 Å². The van der Waals surface area contributed by atoms with E-state index in [0.29, 0.717) is 39.4 Å². The van der Waals surface area contributed by atoms with Crippen LogP contribution >= 0.6 is 0 Å². The lowest BCUT2D eigenvalue weighted by Crippen LogP contribution is -2.50. The van der Waals surface area contributed by atoms with Crippen molar-refractivity contribution in [1.82, 2.24) is 9.80 Å². The van der Waals surface area contributed by atoms with E-state index in [1.165, 1.54) is 12.1 Å². The zero-order valence-electron chi connectivity index (χ0n) is 14.2. The van der Waals surface area contributed by atoms with Crippen molar-refractivity contribution in [2.75, 3.05) is 46.0 Å². The van der Waals surface area contributed by atoms with Crippen LogP contribution in [0.25, 0.3) is 0 Å². The monoisotopic (exact) mass is 350 g/mol. The number of carbonyl (C=O) groups is 2. The van der Waals surface area contributed by atoms with Gasteiger partial charge < -0.3 is 19.3 Å². The molecule has 2 aliphatic heterocycles. The van der Waals surface area contributed by atoms with Crippen molar-refractivity contribution < 1.29 is 23.5 Å². The van der Waals surface area contributed by atoms with E-state index in [1.807, 2.05) is 4.90 Å². The molecule has 136 valence electrons. The third-order valence-corrected chi connectivity index (χ3v) is 4.63. The number of ether oxygens (including phenoxy) is 2. The van der Waals surface area contributed by atoms with Crippen LogP contribution in [0.5, 0.6) is 5.75 Å². The van der Waals surface area contributed by atoms with Crippen LogP contribution in [0.3, 0.4) is 0 Å². The van der Waals surface area contributed by atoms with Gasteiger partial charge in [-0.05, 0) is 25.0 Å². The Hall–Kier alpha value is -2.15. The Balaban J connectivity index is 1.52. The molecule has 2 amide bonds. The number of carbonyl (C=O) groups excluding carboxylic acids is 2. The fourth-order valence-corrected chi connectivity index (χ4v) is 3.24. The molecule has 0 N–H and O–H groups in total. The summed E-state index contributed by atoms with van der Waals surface area (Å²) in [6, 6.07) is 6.00. The predicted octanol–water partition coefficient (Wildman–Crippen LogP) is 1.30. The van der Waals surface area contributed by atoms with Crippen LogP contribution in [0.4, 0.5) is 4.39 Å². The van der Waals surface area contributed by atoms with Crippen molar-refractivity contribution in [3.05, 3.63) is 30.1 Å². The van der Waals surface area contributed by atoms with E-state index >= 15 is 0 Å². The first kappa shape index (κ1) is 17.7. The molecule has 2 fully saturated rings. The number of morpholine rings is 1. The highest BCUT2D eigenvalue weighted by Crippen LogP contribution is 2.20. The molecule has 0 saturated carbocycles. The van der Waals surface area contributed by atoms with Crippen molar-refractivity contribution in [3.8, 4) is 5.75 Å². The minimum atomic E-state index is -0.491. The predicted molar refractivity (Wildman–Crippen MR) is 88.6 cm³/mol. The maximum absolute atomic E-state index is 13.5. The molecule has 0 bridgehead atoms. The lowest BCUT2D eigenvalue weighted by Gasteiger charge is -2.36. The fourth-order valence-electron chi connectivity index (χ4n) is 3.24. The Bertz CT molecular complexity index is 619. The van der Waals surface area contributed by atoms with Gasteiger partial charge in [0.05, 0.1) is 19.1 Å². The number of hydrogen-bond donors (Lipinski definition) is 0. The SMILES string of the molecule is O=C(COc1ccccc1F)N1CCCC(C(=O)N2CCOCC2)C1. The van der Waals surface area contributed by atoms with Crippen LogP contribution in [-0.4, -0.2) is 67.6 Å². The molecule has 1 aromatic carbocycles. The number of rotatable bonds is 4. The highest BCUT2D eigenvalue weighted by Gasteiger charge is 2.31. The molecule has 0 spiro atoms. The minimum Gasteiger partial charge on any atom is -0.481 e. The maximum atomic E-state index is 13.5. The second kappa shape index (κ2) is 8.29. The van der Waals surface area contributed by atoms with Crippen LogP contribution in [-0.2, 0) is 14.3 Å². The lowest BCUT2D eigenvalue weighted by atomic mass is 9.96. The number of nitrogens with zero attached hydrogens (tertiary/aromatic N) is 2. The van der Waals surface area contributed by atoms with Crippen molar-refractivity contribution in [1.29, 1.82) is 0 Å². The number of amides is 2. The van der Waals surface area contributed by atoms with E-state index in [0.717, 1.165) is 12.8 Å². The van der Waals surface area contributed by atoms with Gasteiger partial charge in [0.1, 0.15) is 0 Å². The standard InChI is InChI=1S/C18H23FN2O4/c19-15-5-1-2-6-16(15)25-13-17(22)21-7-3-4-14(12-21)18(23)20-8-10-24-11-9-20/h1-2,5-6,14H,3-4,7-13H2. The number of para-hydroxylation sites is 1. The van der Waals surface area contributed by atoms with Gasteiger partial charge in [-0.3, -0.25) is 9.59 Å². The molecule has 0 radical (unpaired) electrons. The number of benzene rings is 1. The molecule has 3 rings (SSSR count). The first-order valence-electron chi connectivity index (χ1n) is 8.67. The Kier molecular flexibility index (Phi) is 5.86. The first-order chi connectivity index (χ1) is 12.1. The normalized spacial score (nSPS) is 21.1. The zero-order chi connectivity index (χ0) is 17.6. The molecule has 25 heavy (non-hydrogen) atoms.